The number of halogens is 2. The van der Waals surface area contributed by atoms with E-state index in [0.717, 1.165) is 22.5 Å². The number of rotatable bonds is 15. The summed E-state index contributed by atoms with van der Waals surface area (Å²) in [6.07, 6.45) is 5.56. The Balaban J connectivity index is 1.19. The number of methoxy groups -OCH3 is 2. The van der Waals surface area contributed by atoms with Crippen LogP contribution >= 0.6 is 22.7 Å². The maximum absolute atomic E-state index is 15.4. The molecule has 1 saturated carbocycles. The van der Waals surface area contributed by atoms with E-state index in [1.807, 2.05) is 12.1 Å². The van der Waals surface area contributed by atoms with Crippen LogP contribution in [0.25, 0.3) is 20.2 Å². The Hall–Kier alpha value is -3.44. The molecule has 1 atom stereocenters. The SMILES string of the molecule is COc1cc2sc(CC3CCC3)cc2c(F)c1OCCCCOc1c(OC)cc2sc(C(=O)C[C@H](C)C(=O)O)cc2c1F. The molecule has 0 unspecified atom stereocenters. The molecule has 11 heteroatoms. The zero-order chi connectivity index (χ0) is 30.7. The minimum atomic E-state index is -1.07. The van der Waals surface area contributed by atoms with Crippen LogP contribution in [-0.4, -0.2) is 44.3 Å². The van der Waals surface area contributed by atoms with Crippen molar-refractivity contribution < 1.29 is 42.4 Å². The minimum absolute atomic E-state index is 0.0695. The summed E-state index contributed by atoms with van der Waals surface area (Å²) in [7, 11) is 2.89. The van der Waals surface area contributed by atoms with E-state index in [1.165, 1.54) is 51.3 Å². The number of aliphatic carboxylic acids is 1. The fourth-order valence-electron chi connectivity index (χ4n) is 5.06. The number of unbranched alkanes of at least 4 members (excludes halogenated alkanes) is 1. The highest BCUT2D eigenvalue weighted by atomic mass is 32.1. The molecule has 2 heterocycles. The van der Waals surface area contributed by atoms with Crippen LogP contribution in [0.2, 0.25) is 0 Å². The largest absolute Gasteiger partial charge is 0.493 e. The van der Waals surface area contributed by atoms with Crippen LogP contribution in [0.5, 0.6) is 23.0 Å². The van der Waals surface area contributed by atoms with Crippen LogP contribution in [0.15, 0.2) is 24.3 Å². The summed E-state index contributed by atoms with van der Waals surface area (Å²) in [5.41, 5.74) is 0. The van der Waals surface area contributed by atoms with Gasteiger partial charge in [-0.3, -0.25) is 9.59 Å². The first-order chi connectivity index (χ1) is 20.7. The predicted octanol–water partition coefficient (Wildman–Crippen LogP) is 8.29. The zero-order valence-corrected chi connectivity index (χ0v) is 25.9. The molecule has 1 aliphatic carbocycles. The van der Waals surface area contributed by atoms with E-state index in [2.05, 4.69) is 0 Å². The maximum atomic E-state index is 15.4. The molecular formula is C32H34F2O7S2. The van der Waals surface area contributed by atoms with Crippen LogP contribution in [-0.2, 0) is 11.2 Å². The van der Waals surface area contributed by atoms with Gasteiger partial charge in [-0.05, 0) is 37.3 Å². The second-order valence-electron chi connectivity index (χ2n) is 10.9. The van der Waals surface area contributed by atoms with Gasteiger partial charge < -0.3 is 24.1 Å². The number of carbonyl (C=O) groups excluding carboxylic acids is 1. The van der Waals surface area contributed by atoms with Crippen LogP contribution in [0, 0.1) is 23.5 Å². The fourth-order valence-corrected chi connectivity index (χ4v) is 7.30. The molecule has 1 N–H and O–H groups in total. The van der Waals surface area contributed by atoms with E-state index >= 15 is 8.78 Å². The molecule has 0 saturated heterocycles. The summed E-state index contributed by atoms with van der Waals surface area (Å²) in [4.78, 5) is 25.1. The van der Waals surface area contributed by atoms with Gasteiger partial charge in [-0.1, -0.05) is 26.2 Å². The van der Waals surface area contributed by atoms with Crippen LogP contribution in [0.1, 0.15) is 60.0 Å². The molecule has 0 radical (unpaired) electrons. The standard InChI is InChI=1S/C32H34F2O7S2/c1-17(32(36)37)11-22(35)27-14-21-26(43-27)16-24(39-3)31(29(21)34)41-10-5-4-9-40-30-23(38-2)15-25-20(28(30)33)13-19(42-25)12-18-7-6-8-18/h13-18H,4-12H2,1-3H3,(H,36,37)/t17-/m0/s1. The van der Waals surface area contributed by atoms with Crippen molar-refractivity contribution in [2.45, 2.75) is 51.9 Å². The van der Waals surface area contributed by atoms with Gasteiger partial charge in [0.2, 0.25) is 0 Å². The molecule has 2 aromatic heterocycles. The monoisotopic (exact) mass is 632 g/mol. The first-order valence-corrected chi connectivity index (χ1v) is 15.9. The van der Waals surface area contributed by atoms with Crippen molar-refractivity contribution in [3.05, 3.63) is 45.7 Å². The van der Waals surface area contributed by atoms with Gasteiger partial charge in [0.15, 0.2) is 40.4 Å². The van der Waals surface area contributed by atoms with Crippen molar-refractivity contribution in [2.75, 3.05) is 27.4 Å². The smallest absolute Gasteiger partial charge is 0.306 e. The van der Waals surface area contributed by atoms with Gasteiger partial charge in [0.05, 0.1) is 38.2 Å². The lowest BCUT2D eigenvalue weighted by molar-refractivity contribution is -0.141. The summed E-state index contributed by atoms with van der Waals surface area (Å²) in [6.45, 7) is 1.82. The number of ether oxygens (including phenoxy) is 4. The molecule has 4 aromatic rings. The first kappa shape index (κ1) is 31.0. The first-order valence-electron chi connectivity index (χ1n) is 14.3. The summed E-state index contributed by atoms with van der Waals surface area (Å²) in [5.74, 6) is -2.10. The van der Waals surface area contributed by atoms with Gasteiger partial charge in [0, 0.05) is 43.6 Å². The van der Waals surface area contributed by atoms with Crippen molar-refractivity contribution in [1.82, 2.24) is 0 Å². The lowest BCUT2D eigenvalue weighted by Gasteiger charge is -2.24. The Morgan fingerprint density at radius 2 is 1.47 bits per heavy atom. The van der Waals surface area contributed by atoms with Crippen molar-refractivity contribution >= 4 is 54.6 Å². The van der Waals surface area contributed by atoms with Crippen molar-refractivity contribution in [2.24, 2.45) is 11.8 Å². The third-order valence-corrected chi connectivity index (χ3v) is 10.0. The lowest BCUT2D eigenvalue weighted by Crippen LogP contribution is -2.13. The van der Waals surface area contributed by atoms with Crippen molar-refractivity contribution in [1.29, 1.82) is 0 Å². The van der Waals surface area contributed by atoms with Crippen LogP contribution in [0.4, 0.5) is 8.78 Å². The van der Waals surface area contributed by atoms with Crippen LogP contribution < -0.4 is 18.9 Å². The summed E-state index contributed by atoms with van der Waals surface area (Å²) in [6, 6.07) is 6.78. The van der Waals surface area contributed by atoms with Gasteiger partial charge in [-0.2, -0.15) is 0 Å². The number of benzene rings is 2. The summed E-state index contributed by atoms with van der Waals surface area (Å²) >= 11 is 2.68. The number of ketones is 1. The Kier molecular flexibility index (Phi) is 9.71. The van der Waals surface area contributed by atoms with E-state index in [-0.39, 0.29) is 52.9 Å². The zero-order valence-electron chi connectivity index (χ0n) is 24.3. The third-order valence-electron chi connectivity index (χ3n) is 7.79. The topological polar surface area (TPSA) is 91.3 Å². The Morgan fingerprint density at radius 3 is 1.98 bits per heavy atom. The maximum Gasteiger partial charge on any atom is 0.306 e. The summed E-state index contributed by atoms with van der Waals surface area (Å²) in [5, 5.41) is 9.85. The Bertz CT molecular complexity index is 1640. The third kappa shape index (κ3) is 6.72. The molecule has 1 fully saturated rings. The number of hydrogen-bond donors (Lipinski definition) is 1. The van der Waals surface area contributed by atoms with Gasteiger partial charge in [0.1, 0.15) is 0 Å². The van der Waals surface area contributed by atoms with Crippen molar-refractivity contribution in [3.63, 3.8) is 0 Å². The highest BCUT2D eigenvalue weighted by molar-refractivity contribution is 7.21. The fraction of sp³-hybridized carbons (Fsp3) is 0.438. The van der Waals surface area contributed by atoms with E-state index in [4.69, 9.17) is 24.1 Å². The van der Waals surface area contributed by atoms with Gasteiger partial charge in [-0.25, -0.2) is 8.78 Å². The molecule has 0 bridgehead atoms. The molecule has 7 nitrogen and oxygen atoms in total. The Labute approximate surface area is 256 Å². The number of carboxylic acids is 1. The second-order valence-corrected chi connectivity index (χ2v) is 13.1. The minimum Gasteiger partial charge on any atom is -0.493 e. The van der Waals surface area contributed by atoms with E-state index in [1.54, 1.807) is 17.4 Å². The van der Waals surface area contributed by atoms with E-state index in [0.29, 0.717) is 34.6 Å². The lowest BCUT2D eigenvalue weighted by atomic mass is 9.82. The molecule has 230 valence electrons. The molecule has 43 heavy (non-hydrogen) atoms. The van der Waals surface area contributed by atoms with Crippen molar-refractivity contribution in [3.8, 4) is 23.0 Å². The van der Waals surface area contributed by atoms with Gasteiger partial charge in [0.25, 0.3) is 0 Å². The number of thiophene rings is 2. The van der Waals surface area contributed by atoms with Gasteiger partial charge >= 0.3 is 5.97 Å². The number of carboxylic acid groups (broad SMARTS) is 1. The molecular weight excluding hydrogens is 598 g/mol. The average molecular weight is 633 g/mol. The normalized spacial score (nSPS) is 14.1. The molecule has 0 aliphatic heterocycles. The van der Waals surface area contributed by atoms with E-state index in [9.17, 15) is 9.59 Å². The summed E-state index contributed by atoms with van der Waals surface area (Å²) < 4.78 is 54.6. The molecule has 1 aliphatic rings. The number of fused-ring (bicyclic) bond motifs is 2. The quantitative estimate of drug-likeness (QED) is 0.104. The average Bonchev–Trinajstić information content (AvgIpc) is 3.58. The number of carbonyl (C=O) groups is 2. The highest BCUT2D eigenvalue weighted by Crippen LogP contribution is 2.42. The molecule has 5 rings (SSSR count). The van der Waals surface area contributed by atoms with Crippen LogP contribution in [0.3, 0.4) is 0 Å². The highest BCUT2D eigenvalue weighted by Gasteiger charge is 2.24. The Morgan fingerprint density at radius 1 is 0.907 bits per heavy atom. The number of Topliss-reactive ketones (excluding diaryl/α,β-unsaturated/α-hetero) is 1. The van der Waals surface area contributed by atoms with E-state index < -0.39 is 23.5 Å². The van der Waals surface area contributed by atoms with Gasteiger partial charge in [-0.15, -0.1) is 22.7 Å². The number of hydrogen-bond acceptors (Lipinski definition) is 8. The predicted molar refractivity (Wildman–Crippen MR) is 164 cm³/mol. The molecule has 0 amide bonds. The molecule has 0 spiro atoms. The molecule has 2 aromatic carbocycles. The second kappa shape index (κ2) is 13.5.